The number of aliphatic imine (C=N–C) groups is 1. The minimum atomic E-state index is -0.108. The highest BCUT2D eigenvalue weighted by atomic mass is 35.5. The molecular weight excluding hydrogens is 212 g/mol. The van der Waals surface area contributed by atoms with E-state index in [1.807, 2.05) is 49.3 Å². The molecule has 0 fully saturated rings. The van der Waals surface area contributed by atoms with Crippen LogP contribution in [0, 0.1) is 0 Å². The number of nitrogens with zero attached hydrogens (tertiary/aromatic N) is 2. The zero-order valence-corrected chi connectivity index (χ0v) is 9.70. The molecular formula is C11H15ClN2O. The third kappa shape index (κ3) is 4.75. The number of benzene rings is 1. The van der Waals surface area contributed by atoms with Crippen molar-refractivity contribution in [2.45, 2.75) is 6.04 Å². The first-order valence-corrected chi connectivity index (χ1v) is 4.50. The Labute approximate surface area is 96.2 Å². The second-order valence-corrected chi connectivity index (χ2v) is 3.41. The molecule has 0 heterocycles. The third-order valence-corrected chi connectivity index (χ3v) is 1.93. The fourth-order valence-corrected chi connectivity index (χ4v) is 1.31. The van der Waals surface area contributed by atoms with E-state index in [2.05, 4.69) is 4.99 Å². The van der Waals surface area contributed by atoms with Gasteiger partial charge in [0.25, 0.3) is 0 Å². The molecule has 0 aliphatic carbocycles. The third-order valence-electron chi connectivity index (χ3n) is 1.93. The molecule has 1 rings (SSSR count). The first kappa shape index (κ1) is 13.8. The highest BCUT2D eigenvalue weighted by Crippen LogP contribution is 2.16. The van der Waals surface area contributed by atoms with Crippen molar-refractivity contribution in [1.29, 1.82) is 0 Å². The molecule has 0 aliphatic heterocycles. The van der Waals surface area contributed by atoms with Crippen molar-refractivity contribution in [3.8, 4) is 0 Å². The SMILES string of the molecule is CN(C)C[C@H](N=C=O)c1ccccc1.Cl. The predicted molar refractivity (Wildman–Crippen MR) is 63.1 cm³/mol. The maximum absolute atomic E-state index is 10.3. The van der Waals surface area contributed by atoms with E-state index in [-0.39, 0.29) is 18.4 Å². The molecule has 0 saturated carbocycles. The van der Waals surface area contributed by atoms with E-state index in [1.165, 1.54) is 0 Å². The van der Waals surface area contributed by atoms with Crippen LogP contribution in [0.2, 0.25) is 0 Å². The summed E-state index contributed by atoms with van der Waals surface area (Å²) in [5.41, 5.74) is 1.05. The Hall–Kier alpha value is -1.15. The van der Waals surface area contributed by atoms with Crippen LogP contribution in [0.1, 0.15) is 11.6 Å². The Morgan fingerprint density at radius 1 is 1.33 bits per heavy atom. The van der Waals surface area contributed by atoms with Crippen molar-refractivity contribution >= 4 is 18.5 Å². The van der Waals surface area contributed by atoms with Gasteiger partial charge in [0.15, 0.2) is 0 Å². The number of carbonyl (C=O) groups excluding carboxylic acids is 1. The Morgan fingerprint density at radius 2 is 1.93 bits per heavy atom. The predicted octanol–water partition coefficient (Wildman–Crippen LogP) is 2.05. The summed E-state index contributed by atoms with van der Waals surface area (Å²) in [5, 5.41) is 0. The van der Waals surface area contributed by atoms with Crippen LogP contribution in [0.25, 0.3) is 0 Å². The first-order valence-electron chi connectivity index (χ1n) is 4.50. The zero-order valence-electron chi connectivity index (χ0n) is 8.88. The van der Waals surface area contributed by atoms with Crippen LogP contribution in [0.15, 0.2) is 35.3 Å². The summed E-state index contributed by atoms with van der Waals surface area (Å²) in [6.45, 7) is 0.721. The Kier molecular flexibility index (Phi) is 6.63. The van der Waals surface area contributed by atoms with Crippen LogP contribution in [0.5, 0.6) is 0 Å². The highest BCUT2D eigenvalue weighted by molar-refractivity contribution is 5.85. The average molecular weight is 227 g/mol. The molecule has 4 heteroatoms. The molecule has 1 aromatic rings. The standard InChI is InChI=1S/C11H14N2O.ClH/c1-13(2)8-11(12-9-14)10-6-4-3-5-7-10;/h3-7,11H,8H2,1-2H3;1H/t11-;/m0./s1. The molecule has 0 saturated heterocycles. The monoisotopic (exact) mass is 226 g/mol. The molecule has 15 heavy (non-hydrogen) atoms. The van der Waals surface area contributed by atoms with Crippen molar-refractivity contribution in [3.05, 3.63) is 35.9 Å². The Morgan fingerprint density at radius 3 is 2.40 bits per heavy atom. The minimum absolute atomic E-state index is 0. The Bertz CT molecular complexity index is 321. The summed E-state index contributed by atoms with van der Waals surface area (Å²) in [6, 6.07) is 9.66. The fourth-order valence-electron chi connectivity index (χ4n) is 1.31. The fraction of sp³-hybridized carbons (Fsp3) is 0.364. The summed E-state index contributed by atoms with van der Waals surface area (Å²) in [4.78, 5) is 16.0. The molecule has 0 radical (unpaired) electrons. The highest BCUT2D eigenvalue weighted by Gasteiger charge is 2.09. The molecule has 0 amide bonds. The smallest absolute Gasteiger partial charge is 0.235 e. The molecule has 1 aromatic carbocycles. The average Bonchev–Trinajstić information content (AvgIpc) is 2.18. The van der Waals surface area contributed by atoms with Gasteiger partial charge in [-0.2, -0.15) is 4.99 Å². The van der Waals surface area contributed by atoms with Crippen LogP contribution >= 0.6 is 12.4 Å². The van der Waals surface area contributed by atoms with Crippen molar-refractivity contribution in [3.63, 3.8) is 0 Å². The molecule has 0 spiro atoms. The summed E-state index contributed by atoms with van der Waals surface area (Å²) in [6.07, 6.45) is 1.62. The van der Waals surface area contributed by atoms with Gasteiger partial charge >= 0.3 is 0 Å². The van der Waals surface area contributed by atoms with E-state index in [0.29, 0.717) is 0 Å². The second kappa shape index (κ2) is 7.18. The van der Waals surface area contributed by atoms with Gasteiger partial charge in [0, 0.05) is 6.54 Å². The lowest BCUT2D eigenvalue weighted by atomic mass is 10.1. The van der Waals surface area contributed by atoms with Gasteiger partial charge in [-0.3, -0.25) is 0 Å². The number of hydrogen-bond acceptors (Lipinski definition) is 3. The Balaban J connectivity index is 0.00000196. The van der Waals surface area contributed by atoms with Crippen molar-refractivity contribution in [1.82, 2.24) is 4.90 Å². The van der Waals surface area contributed by atoms with Gasteiger partial charge in [-0.15, -0.1) is 12.4 Å². The molecule has 0 bridgehead atoms. The van der Waals surface area contributed by atoms with E-state index in [0.717, 1.165) is 12.1 Å². The van der Waals surface area contributed by atoms with Gasteiger partial charge in [0.05, 0.1) is 0 Å². The minimum Gasteiger partial charge on any atom is -0.307 e. The van der Waals surface area contributed by atoms with Gasteiger partial charge in [0.1, 0.15) is 6.04 Å². The molecule has 1 atom stereocenters. The lowest BCUT2D eigenvalue weighted by molar-refractivity contribution is 0.377. The van der Waals surface area contributed by atoms with E-state index in [4.69, 9.17) is 0 Å². The number of hydrogen-bond donors (Lipinski definition) is 0. The molecule has 0 N–H and O–H groups in total. The van der Waals surface area contributed by atoms with Crippen LogP contribution < -0.4 is 0 Å². The lowest BCUT2D eigenvalue weighted by Gasteiger charge is -2.15. The largest absolute Gasteiger partial charge is 0.307 e. The van der Waals surface area contributed by atoms with Crippen LogP contribution in [-0.4, -0.2) is 31.6 Å². The topological polar surface area (TPSA) is 32.7 Å². The molecule has 3 nitrogen and oxygen atoms in total. The number of rotatable bonds is 4. The van der Waals surface area contributed by atoms with Gasteiger partial charge < -0.3 is 4.90 Å². The second-order valence-electron chi connectivity index (χ2n) is 3.41. The van der Waals surface area contributed by atoms with E-state index in [1.54, 1.807) is 6.08 Å². The van der Waals surface area contributed by atoms with Gasteiger partial charge in [0.2, 0.25) is 6.08 Å². The number of likely N-dealkylation sites (N-methyl/N-ethyl adjacent to an activating group) is 1. The maximum atomic E-state index is 10.3. The quantitative estimate of drug-likeness (QED) is 0.582. The number of halogens is 1. The molecule has 0 aromatic heterocycles. The van der Waals surface area contributed by atoms with Crippen molar-refractivity contribution < 1.29 is 4.79 Å². The normalized spacial score (nSPS) is 11.4. The van der Waals surface area contributed by atoms with E-state index >= 15 is 0 Å². The summed E-state index contributed by atoms with van der Waals surface area (Å²) in [5.74, 6) is 0. The van der Waals surface area contributed by atoms with Crippen LogP contribution in [-0.2, 0) is 4.79 Å². The summed E-state index contributed by atoms with van der Waals surface area (Å²) >= 11 is 0. The van der Waals surface area contributed by atoms with E-state index in [9.17, 15) is 4.79 Å². The van der Waals surface area contributed by atoms with Gasteiger partial charge in [-0.1, -0.05) is 30.3 Å². The van der Waals surface area contributed by atoms with Gasteiger partial charge in [-0.25, -0.2) is 4.79 Å². The van der Waals surface area contributed by atoms with Crippen molar-refractivity contribution in [2.24, 2.45) is 4.99 Å². The number of isocyanates is 1. The first-order chi connectivity index (χ1) is 6.74. The van der Waals surface area contributed by atoms with Crippen molar-refractivity contribution in [2.75, 3.05) is 20.6 Å². The van der Waals surface area contributed by atoms with Gasteiger partial charge in [-0.05, 0) is 19.7 Å². The summed E-state index contributed by atoms with van der Waals surface area (Å²) < 4.78 is 0. The van der Waals surface area contributed by atoms with E-state index < -0.39 is 0 Å². The molecule has 0 aliphatic rings. The zero-order chi connectivity index (χ0) is 10.4. The lowest BCUT2D eigenvalue weighted by Crippen LogP contribution is -2.19. The summed E-state index contributed by atoms with van der Waals surface area (Å²) in [7, 11) is 3.91. The molecule has 82 valence electrons. The van der Waals surface area contributed by atoms with Crippen LogP contribution in [0.3, 0.4) is 0 Å². The van der Waals surface area contributed by atoms with Crippen LogP contribution in [0.4, 0.5) is 0 Å². The molecule has 0 unspecified atom stereocenters. The maximum Gasteiger partial charge on any atom is 0.235 e.